The summed E-state index contributed by atoms with van der Waals surface area (Å²) in [6.45, 7) is 10.6. The molecule has 0 N–H and O–H groups in total. The second kappa shape index (κ2) is 6.32. The number of rotatable bonds is 5. The third-order valence-electron chi connectivity index (χ3n) is 4.56. The average Bonchev–Trinajstić information content (AvgIpc) is 2.36. The molecule has 4 heteroatoms. The van der Waals surface area contributed by atoms with E-state index in [1.54, 1.807) is 0 Å². The fourth-order valence-electron chi connectivity index (χ4n) is 3.44. The second-order valence-electron chi connectivity index (χ2n) is 5.42. The zero-order valence-corrected chi connectivity index (χ0v) is 13.3. The molecule has 1 aliphatic heterocycles. The molecule has 0 radical (unpaired) electrons. The van der Waals surface area contributed by atoms with Crippen LogP contribution in [0.3, 0.4) is 0 Å². The van der Waals surface area contributed by atoms with E-state index in [1.165, 1.54) is 51.7 Å². The minimum atomic E-state index is -0.0958. The van der Waals surface area contributed by atoms with Gasteiger partial charge in [0.1, 0.15) is 6.29 Å². The lowest BCUT2D eigenvalue weighted by Gasteiger charge is -2.58. The van der Waals surface area contributed by atoms with Crippen LogP contribution in [-0.2, 0) is 0 Å². The van der Waals surface area contributed by atoms with E-state index < -0.39 is 0 Å². The van der Waals surface area contributed by atoms with Gasteiger partial charge in [0.25, 0.3) is 0 Å². The van der Waals surface area contributed by atoms with Crippen LogP contribution in [0.5, 0.6) is 0 Å². The highest BCUT2D eigenvalue weighted by Gasteiger charge is 2.42. The molecule has 100 valence electrons. The van der Waals surface area contributed by atoms with Crippen molar-refractivity contribution in [1.82, 2.24) is 14.0 Å². The molecule has 1 unspecified atom stereocenters. The Bertz CT molecular complexity index is 227. The zero-order chi connectivity index (χ0) is 12.3. The molecule has 0 aromatic carbocycles. The van der Waals surface area contributed by atoms with Crippen molar-refractivity contribution in [2.75, 3.05) is 19.6 Å². The van der Waals surface area contributed by atoms with Crippen LogP contribution in [-0.4, -0.2) is 55.8 Å². The van der Waals surface area contributed by atoms with Gasteiger partial charge in [-0.15, -0.1) is 0 Å². The number of hydrogen-bond acceptors (Lipinski definition) is 3. The van der Waals surface area contributed by atoms with Gasteiger partial charge in [-0.3, -0.25) is 14.0 Å². The van der Waals surface area contributed by atoms with E-state index in [9.17, 15) is 0 Å². The van der Waals surface area contributed by atoms with Gasteiger partial charge in [0.05, 0.1) is 0 Å². The van der Waals surface area contributed by atoms with Crippen LogP contribution < -0.4 is 0 Å². The van der Waals surface area contributed by atoms with Crippen molar-refractivity contribution in [2.45, 2.75) is 65.2 Å². The standard InChI is InChI=1S/C13H29N3Si/c1-4-14(5-2)13-15(6-3)17-16(13)12-10-8-7-9-11-12/h12-13H,4-11,17H2,1-3H3. The van der Waals surface area contributed by atoms with Gasteiger partial charge in [-0.05, 0) is 32.5 Å². The number of hydrogen-bond donors (Lipinski definition) is 0. The third-order valence-corrected chi connectivity index (χ3v) is 6.86. The summed E-state index contributed by atoms with van der Waals surface area (Å²) in [4.78, 5) is 2.63. The highest BCUT2D eigenvalue weighted by molar-refractivity contribution is 6.32. The molecular formula is C13H29N3Si. The molecule has 0 aromatic heterocycles. The fourth-order valence-corrected chi connectivity index (χ4v) is 5.54. The fraction of sp³-hybridized carbons (Fsp3) is 1.00. The highest BCUT2D eigenvalue weighted by atomic mass is 28.2. The quantitative estimate of drug-likeness (QED) is 0.691. The van der Waals surface area contributed by atoms with Crippen LogP contribution >= 0.6 is 0 Å². The second-order valence-corrected chi connectivity index (χ2v) is 7.25. The van der Waals surface area contributed by atoms with E-state index in [0.717, 1.165) is 6.04 Å². The van der Waals surface area contributed by atoms with E-state index in [0.29, 0.717) is 6.29 Å². The molecule has 1 saturated heterocycles. The predicted octanol–water partition coefficient (Wildman–Crippen LogP) is 1.58. The Kier molecular flexibility index (Phi) is 5.03. The Morgan fingerprint density at radius 1 is 1.06 bits per heavy atom. The molecule has 0 bridgehead atoms. The van der Waals surface area contributed by atoms with E-state index in [-0.39, 0.29) is 9.84 Å². The first kappa shape index (κ1) is 13.5. The van der Waals surface area contributed by atoms with Crippen molar-refractivity contribution in [3.05, 3.63) is 0 Å². The zero-order valence-electron chi connectivity index (χ0n) is 11.9. The summed E-state index contributed by atoms with van der Waals surface area (Å²) >= 11 is 0. The summed E-state index contributed by atoms with van der Waals surface area (Å²) < 4.78 is 5.62. The molecule has 1 aliphatic carbocycles. The van der Waals surface area contributed by atoms with Crippen LogP contribution in [0, 0.1) is 0 Å². The molecule has 0 amide bonds. The topological polar surface area (TPSA) is 9.72 Å². The van der Waals surface area contributed by atoms with Crippen molar-refractivity contribution in [3.63, 3.8) is 0 Å². The summed E-state index contributed by atoms with van der Waals surface area (Å²) in [7, 11) is -0.0958. The lowest BCUT2D eigenvalue weighted by atomic mass is 9.95. The maximum atomic E-state index is 2.88. The molecule has 1 saturated carbocycles. The van der Waals surface area contributed by atoms with E-state index in [4.69, 9.17) is 0 Å². The molecule has 1 heterocycles. The van der Waals surface area contributed by atoms with Gasteiger partial charge >= 0.3 is 0 Å². The summed E-state index contributed by atoms with van der Waals surface area (Å²) in [5.41, 5.74) is 0. The molecule has 1 atom stereocenters. The Morgan fingerprint density at radius 2 is 1.71 bits per heavy atom. The summed E-state index contributed by atoms with van der Waals surface area (Å²) in [5, 5.41) is 0. The van der Waals surface area contributed by atoms with Crippen LogP contribution in [0.15, 0.2) is 0 Å². The van der Waals surface area contributed by atoms with Crippen LogP contribution in [0.25, 0.3) is 0 Å². The predicted molar refractivity (Wildman–Crippen MR) is 76.3 cm³/mol. The molecule has 3 nitrogen and oxygen atoms in total. The molecule has 0 aromatic rings. The molecule has 0 spiro atoms. The average molecular weight is 255 g/mol. The SMILES string of the molecule is CCN(CC)C1N(CC)[SiH2]N1C1CCCCC1. The van der Waals surface area contributed by atoms with Crippen molar-refractivity contribution in [2.24, 2.45) is 0 Å². The summed E-state index contributed by atoms with van der Waals surface area (Å²) in [5.74, 6) is 0. The maximum Gasteiger partial charge on any atom is 0.177 e. The summed E-state index contributed by atoms with van der Waals surface area (Å²) in [6.07, 6.45) is 7.98. The minimum absolute atomic E-state index is 0.0958. The van der Waals surface area contributed by atoms with Gasteiger partial charge in [0, 0.05) is 6.04 Å². The monoisotopic (exact) mass is 255 g/mol. The first-order valence-electron chi connectivity index (χ1n) is 7.55. The van der Waals surface area contributed by atoms with Crippen molar-refractivity contribution < 1.29 is 0 Å². The van der Waals surface area contributed by atoms with Crippen LogP contribution in [0.1, 0.15) is 52.9 Å². The maximum absolute atomic E-state index is 2.88. The first-order valence-corrected chi connectivity index (χ1v) is 8.82. The Morgan fingerprint density at radius 3 is 2.24 bits per heavy atom. The Hall–Kier alpha value is 0.0969. The van der Waals surface area contributed by atoms with Gasteiger partial charge in [-0.2, -0.15) is 0 Å². The van der Waals surface area contributed by atoms with Gasteiger partial charge < -0.3 is 0 Å². The minimum Gasteiger partial charge on any atom is -0.289 e. The largest absolute Gasteiger partial charge is 0.289 e. The van der Waals surface area contributed by atoms with Crippen LogP contribution in [0.2, 0.25) is 0 Å². The van der Waals surface area contributed by atoms with Crippen LogP contribution in [0.4, 0.5) is 0 Å². The number of nitrogens with zero attached hydrogens (tertiary/aromatic N) is 3. The molecular weight excluding hydrogens is 226 g/mol. The molecule has 2 aliphatic rings. The molecule has 2 fully saturated rings. The summed E-state index contributed by atoms with van der Waals surface area (Å²) in [6, 6.07) is 0.920. The Balaban J connectivity index is 1.97. The Labute approximate surface area is 109 Å². The van der Waals surface area contributed by atoms with Crippen molar-refractivity contribution in [3.8, 4) is 0 Å². The van der Waals surface area contributed by atoms with E-state index in [1.807, 2.05) is 0 Å². The highest BCUT2D eigenvalue weighted by Crippen LogP contribution is 2.30. The van der Waals surface area contributed by atoms with Gasteiger partial charge in [0.2, 0.25) is 0 Å². The molecule has 2 rings (SSSR count). The third kappa shape index (κ3) is 2.75. The lowest BCUT2D eigenvalue weighted by Crippen LogP contribution is -2.75. The van der Waals surface area contributed by atoms with Gasteiger partial charge in [-0.1, -0.05) is 40.0 Å². The lowest BCUT2D eigenvalue weighted by molar-refractivity contribution is -0.0621. The van der Waals surface area contributed by atoms with Crippen molar-refractivity contribution >= 4 is 9.84 Å². The van der Waals surface area contributed by atoms with Gasteiger partial charge in [0.15, 0.2) is 9.84 Å². The van der Waals surface area contributed by atoms with Crippen molar-refractivity contribution in [1.29, 1.82) is 0 Å². The normalized spacial score (nSPS) is 30.0. The van der Waals surface area contributed by atoms with E-state index in [2.05, 4.69) is 34.8 Å². The van der Waals surface area contributed by atoms with E-state index >= 15 is 0 Å². The smallest absolute Gasteiger partial charge is 0.177 e. The first-order chi connectivity index (χ1) is 8.31. The van der Waals surface area contributed by atoms with Gasteiger partial charge in [-0.25, -0.2) is 0 Å². The molecule has 17 heavy (non-hydrogen) atoms.